The summed E-state index contributed by atoms with van der Waals surface area (Å²) >= 11 is 0. The molecule has 0 saturated heterocycles. The summed E-state index contributed by atoms with van der Waals surface area (Å²) in [4.78, 5) is 16.7. The summed E-state index contributed by atoms with van der Waals surface area (Å²) in [5.41, 5.74) is 2.27. The Kier molecular flexibility index (Phi) is 5.46. The van der Waals surface area contributed by atoms with E-state index < -0.39 is 0 Å². The van der Waals surface area contributed by atoms with Crippen LogP contribution in [0.1, 0.15) is 12.3 Å². The van der Waals surface area contributed by atoms with E-state index in [4.69, 9.17) is 9.26 Å². The first-order valence-electron chi connectivity index (χ1n) is 9.22. The van der Waals surface area contributed by atoms with Crippen LogP contribution in [0.2, 0.25) is 0 Å². The van der Waals surface area contributed by atoms with Crippen molar-refractivity contribution in [1.82, 2.24) is 30.3 Å². The van der Waals surface area contributed by atoms with Crippen molar-refractivity contribution in [1.29, 1.82) is 0 Å². The van der Waals surface area contributed by atoms with E-state index in [-0.39, 0.29) is 12.3 Å². The van der Waals surface area contributed by atoms with Gasteiger partial charge in [0.15, 0.2) is 5.82 Å². The summed E-state index contributed by atoms with van der Waals surface area (Å²) in [6, 6.07) is 14.7. The monoisotopic (exact) mass is 405 g/mol. The number of nitrogens with one attached hydrogen (secondary N) is 1. The minimum absolute atomic E-state index is 0.160. The summed E-state index contributed by atoms with van der Waals surface area (Å²) < 4.78 is 12.0. The molecular weight excluding hydrogens is 386 g/mol. The quantitative estimate of drug-likeness (QED) is 0.498. The minimum Gasteiger partial charge on any atom is -0.497 e. The number of tetrazole rings is 1. The highest BCUT2D eigenvalue weighted by Crippen LogP contribution is 2.21. The van der Waals surface area contributed by atoms with E-state index in [0.717, 1.165) is 16.9 Å². The zero-order valence-corrected chi connectivity index (χ0v) is 16.4. The summed E-state index contributed by atoms with van der Waals surface area (Å²) in [7, 11) is 3.36. The molecule has 0 radical (unpaired) electrons. The van der Waals surface area contributed by atoms with Gasteiger partial charge in [-0.1, -0.05) is 17.3 Å². The molecule has 10 nitrogen and oxygen atoms in total. The van der Waals surface area contributed by atoms with Crippen molar-refractivity contribution in [3.05, 3.63) is 54.4 Å². The van der Waals surface area contributed by atoms with Gasteiger partial charge in [-0.15, -0.1) is 5.10 Å². The standard InChI is InChI=1S/C20H19N7O3/c1-27-20(23-25-26-27)14-4-3-5-15(12-14)21-17(28)10-11-18-22-19(24-30-18)13-6-8-16(29-2)9-7-13/h3-9,12H,10-11H2,1-2H3,(H,21,28). The highest BCUT2D eigenvalue weighted by atomic mass is 16.5. The number of benzene rings is 2. The predicted octanol–water partition coefficient (Wildman–Crippen LogP) is 2.51. The van der Waals surface area contributed by atoms with Crippen LogP contribution in [-0.2, 0) is 18.3 Å². The fourth-order valence-corrected chi connectivity index (χ4v) is 2.87. The van der Waals surface area contributed by atoms with E-state index >= 15 is 0 Å². The summed E-state index contributed by atoms with van der Waals surface area (Å²) in [6.07, 6.45) is 0.544. The maximum atomic E-state index is 12.3. The Morgan fingerprint density at radius 2 is 2.00 bits per heavy atom. The molecule has 0 aliphatic carbocycles. The maximum absolute atomic E-state index is 12.3. The molecule has 0 spiro atoms. The van der Waals surface area contributed by atoms with Crippen LogP contribution in [0.15, 0.2) is 53.1 Å². The lowest BCUT2D eigenvalue weighted by molar-refractivity contribution is -0.116. The second kappa shape index (κ2) is 8.52. The first-order valence-corrected chi connectivity index (χ1v) is 9.22. The fraction of sp³-hybridized carbons (Fsp3) is 0.200. The predicted molar refractivity (Wildman–Crippen MR) is 107 cm³/mol. The van der Waals surface area contributed by atoms with Gasteiger partial charge in [0.2, 0.25) is 17.6 Å². The number of carbonyl (C=O) groups excluding carboxylic acids is 1. The van der Waals surface area contributed by atoms with Crippen molar-refractivity contribution >= 4 is 11.6 Å². The molecule has 0 bridgehead atoms. The van der Waals surface area contributed by atoms with Gasteiger partial charge in [-0.25, -0.2) is 4.68 Å². The molecule has 0 unspecified atom stereocenters. The fourth-order valence-electron chi connectivity index (χ4n) is 2.87. The van der Waals surface area contributed by atoms with Gasteiger partial charge in [-0.05, 0) is 46.8 Å². The molecule has 0 aliphatic heterocycles. The molecule has 4 rings (SSSR count). The Hall–Kier alpha value is -4.08. The Balaban J connectivity index is 1.35. The van der Waals surface area contributed by atoms with E-state index in [1.165, 1.54) is 0 Å². The highest BCUT2D eigenvalue weighted by molar-refractivity contribution is 5.91. The second-order valence-electron chi connectivity index (χ2n) is 6.50. The van der Waals surface area contributed by atoms with Gasteiger partial charge in [0.1, 0.15) is 5.75 Å². The van der Waals surface area contributed by atoms with Crippen LogP contribution in [0, 0.1) is 0 Å². The zero-order valence-electron chi connectivity index (χ0n) is 16.4. The number of amides is 1. The lowest BCUT2D eigenvalue weighted by atomic mass is 10.2. The van der Waals surface area contributed by atoms with Crippen molar-refractivity contribution in [2.45, 2.75) is 12.8 Å². The number of aromatic nitrogens is 6. The molecule has 2 aromatic heterocycles. The smallest absolute Gasteiger partial charge is 0.227 e. The van der Waals surface area contributed by atoms with Crippen LogP contribution >= 0.6 is 0 Å². The van der Waals surface area contributed by atoms with Gasteiger partial charge in [-0.2, -0.15) is 4.98 Å². The van der Waals surface area contributed by atoms with E-state index in [1.807, 2.05) is 42.5 Å². The zero-order chi connectivity index (χ0) is 20.9. The van der Waals surface area contributed by atoms with Crippen molar-refractivity contribution in [2.75, 3.05) is 12.4 Å². The van der Waals surface area contributed by atoms with Crippen LogP contribution in [0.25, 0.3) is 22.8 Å². The van der Waals surface area contributed by atoms with Gasteiger partial charge >= 0.3 is 0 Å². The molecule has 0 aliphatic rings. The highest BCUT2D eigenvalue weighted by Gasteiger charge is 2.12. The van der Waals surface area contributed by atoms with Gasteiger partial charge < -0.3 is 14.6 Å². The van der Waals surface area contributed by atoms with Gasteiger partial charge in [0.25, 0.3) is 0 Å². The number of methoxy groups -OCH3 is 1. The third-order valence-corrected chi connectivity index (χ3v) is 4.41. The molecule has 10 heteroatoms. The SMILES string of the molecule is COc1ccc(-c2noc(CCC(=O)Nc3cccc(-c4nnnn4C)c3)n2)cc1. The van der Waals surface area contributed by atoms with Crippen molar-refractivity contribution in [2.24, 2.45) is 7.05 Å². The molecule has 1 amide bonds. The van der Waals surface area contributed by atoms with E-state index in [9.17, 15) is 4.79 Å². The molecule has 30 heavy (non-hydrogen) atoms. The minimum atomic E-state index is -0.160. The first kappa shape index (κ1) is 19.2. The second-order valence-corrected chi connectivity index (χ2v) is 6.50. The van der Waals surface area contributed by atoms with Crippen LogP contribution in [0.4, 0.5) is 5.69 Å². The third kappa shape index (κ3) is 4.32. The van der Waals surface area contributed by atoms with Crippen LogP contribution in [0.3, 0.4) is 0 Å². The lowest BCUT2D eigenvalue weighted by Gasteiger charge is -2.06. The van der Waals surface area contributed by atoms with Crippen molar-refractivity contribution < 1.29 is 14.1 Å². The number of anilines is 1. The lowest BCUT2D eigenvalue weighted by Crippen LogP contribution is -2.12. The molecule has 1 N–H and O–H groups in total. The van der Waals surface area contributed by atoms with E-state index in [1.54, 1.807) is 24.9 Å². The summed E-state index contributed by atoms with van der Waals surface area (Å²) in [6.45, 7) is 0. The molecule has 0 atom stereocenters. The number of rotatable bonds is 7. The first-order chi connectivity index (χ1) is 14.6. The molecule has 0 fully saturated rings. The largest absolute Gasteiger partial charge is 0.497 e. The van der Waals surface area contributed by atoms with Gasteiger partial charge in [0.05, 0.1) is 7.11 Å². The number of nitrogens with zero attached hydrogens (tertiary/aromatic N) is 6. The number of hydrogen-bond acceptors (Lipinski definition) is 8. The average molecular weight is 405 g/mol. The number of aryl methyl sites for hydroxylation is 2. The molecule has 0 saturated carbocycles. The number of ether oxygens (including phenoxy) is 1. The Bertz CT molecular complexity index is 1150. The molecule has 2 heterocycles. The number of hydrogen-bond donors (Lipinski definition) is 1. The van der Waals surface area contributed by atoms with Crippen LogP contribution in [0.5, 0.6) is 5.75 Å². The normalized spacial score (nSPS) is 10.7. The average Bonchev–Trinajstić information content (AvgIpc) is 3.41. The number of carbonyl (C=O) groups is 1. The topological polar surface area (TPSA) is 121 Å². The van der Waals surface area contributed by atoms with Gasteiger partial charge in [0, 0.05) is 36.7 Å². The van der Waals surface area contributed by atoms with Crippen molar-refractivity contribution in [3.8, 4) is 28.5 Å². The molecule has 2 aromatic carbocycles. The van der Waals surface area contributed by atoms with Crippen molar-refractivity contribution in [3.63, 3.8) is 0 Å². The van der Waals surface area contributed by atoms with E-state index in [0.29, 0.717) is 29.6 Å². The summed E-state index contributed by atoms with van der Waals surface area (Å²) in [5, 5.41) is 18.3. The van der Waals surface area contributed by atoms with Gasteiger partial charge in [-0.3, -0.25) is 4.79 Å². The Morgan fingerprint density at radius 3 is 2.73 bits per heavy atom. The van der Waals surface area contributed by atoms with E-state index in [2.05, 4.69) is 31.0 Å². The Morgan fingerprint density at radius 1 is 1.17 bits per heavy atom. The van der Waals surface area contributed by atoms with Crippen LogP contribution < -0.4 is 10.1 Å². The third-order valence-electron chi connectivity index (χ3n) is 4.41. The molecular formula is C20H19N7O3. The summed E-state index contributed by atoms with van der Waals surface area (Å²) in [5.74, 6) is 2.07. The molecule has 4 aromatic rings. The van der Waals surface area contributed by atoms with Crippen LogP contribution in [-0.4, -0.2) is 43.4 Å². The molecule has 152 valence electrons. The Labute approximate surface area is 171 Å². The maximum Gasteiger partial charge on any atom is 0.227 e.